The Morgan fingerprint density at radius 3 is 2.25 bits per heavy atom. The van der Waals surface area contributed by atoms with Gasteiger partial charge in [-0.3, -0.25) is 0 Å². The summed E-state index contributed by atoms with van der Waals surface area (Å²) in [6, 6.07) is 3.57. The lowest BCUT2D eigenvalue weighted by atomic mass is 9.80. The van der Waals surface area contributed by atoms with Crippen LogP contribution in [0.15, 0.2) is 22.8 Å². The molecule has 1 aromatic rings. The van der Waals surface area contributed by atoms with E-state index >= 15 is 0 Å². The number of ether oxygens (including phenoxy) is 4. The van der Waals surface area contributed by atoms with Gasteiger partial charge in [-0.25, -0.2) is 9.79 Å². The van der Waals surface area contributed by atoms with Crippen molar-refractivity contribution in [1.29, 1.82) is 0 Å². The summed E-state index contributed by atoms with van der Waals surface area (Å²) in [6.45, 7) is 2.23. The summed E-state index contributed by atoms with van der Waals surface area (Å²) < 4.78 is 21.6. The van der Waals surface area contributed by atoms with E-state index in [-0.39, 0.29) is 5.92 Å². The normalized spacial score (nSPS) is 23.4. The molecule has 0 radical (unpaired) electrons. The summed E-state index contributed by atoms with van der Waals surface area (Å²) in [5, 5.41) is 0. The predicted molar refractivity (Wildman–Crippen MR) is 108 cm³/mol. The molecular weight excluding hydrogens is 358 g/mol. The number of benzene rings is 1. The zero-order chi connectivity index (χ0) is 20.1. The standard InChI is InChI=1S/C22H29NO5/c1-5-6-14-7-9-16(10-8-14)21-23-17(22(24)28-21)11-15-12-18(25-2)20(27-4)19(13-15)26-3/h11-14,16H,5-10H2,1-4H3/b17-11+. The van der Waals surface area contributed by atoms with Crippen LogP contribution in [0.5, 0.6) is 17.2 Å². The van der Waals surface area contributed by atoms with Crippen LogP contribution in [0.25, 0.3) is 6.08 Å². The van der Waals surface area contributed by atoms with E-state index in [1.54, 1.807) is 39.5 Å². The average Bonchev–Trinajstić information content (AvgIpc) is 3.08. The molecule has 3 rings (SSSR count). The number of hydrogen-bond donors (Lipinski definition) is 0. The minimum absolute atomic E-state index is 0.239. The molecule has 1 aliphatic heterocycles. The molecule has 1 aliphatic carbocycles. The van der Waals surface area contributed by atoms with Crippen LogP contribution < -0.4 is 14.2 Å². The molecule has 1 saturated carbocycles. The third-order valence-electron chi connectivity index (χ3n) is 5.52. The van der Waals surface area contributed by atoms with Gasteiger partial charge in [-0.15, -0.1) is 0 Å². The fraction of sp³-hybridized carbons (Fsp3) is 0.545. The van der Waals surface area contributed by atoms with Crippen LogP contribution in [-0.2, 0) is 9.53 Å². The van der Waals surface area contributed by atoms with Crippen molar-refractivity contribution >= 4 is 17.9 Å². The van der Waals surface area contributed by atoms with Gasteiger partial charge in [0.05, 0.1) is 21.3 Å². The smallest absolute Gasteiger partial charge is 0.363 e. The number of cyclic esters (lactones) is 1. The van der Waals surface area contributed by atoms with Crippen molar-refractivity contribution in [2.75, 3.05) is 21.3 Å². The summed E-state index contributed by atoms with van der Waals surface area (Å²) in [4.78, 5) is 16.8. The highest BCUT2D eigenvalue weighted by Gasteiger charge is 2.32. The molecule has 152 valence electrons. The van der Waals surface area contributed by atoms with Crippen molar-refractivity contribution in [2.45, 2.75) is 45.4 Å². The van der Waals surface area contributed by atoms with Crippen LogP contribution in [-0.4, -0.2) is 33.2 Å². The van der Waals surface area contributed by atoms with Crippen molar-refractivity contribution in [2.24, 2.45) is 16.8 Å². The van der Waals surface area contributed by atoms with E-state index in [9.17, 15) is 4.79 Å². The lowest BCUT2D eigenvalue weighted by Gasteiger charge is -2.27. The zero-order valence-electron chi connectivity index (χ0n) is 17.1. The summed E-state index contributed by atoms with van der Waals surface area (Å²) in [6.07, 6.45) is 8.64. The number of hydrogen-bond acceptors (Lipinski definition) is 6. The summed E-state index contributed by atoms with van der Waals surface area (Å²) in [7, 11) is 4.67. The first-order chi connectivity index (χ1) is 13.6. The molecule has 0 atom stereocenters. The molecule has 0 spiro atoms. The molecule has 6 heteroatoms. The number of rotatable bonds is 7. The third kappa shape index (κ3) is 4.32. The number of aliphatic imine (C=N–C) groups is 1. The van der Waals surface area contributed by atoms with Crippen LogP contribution in [0.2, 0.25) is 0 Å². The van der Waals surface area contributed by atoms with E-state index in [0.717, 1.165) is 24.3 Å². The Labute approximate surface area is 166 Å². The molecule has 0 N–H and O–H groups in total. The van der Waals surface area contributed by atoms with E-state index in [0.29, 0.717) is 28.8 Å². The first kappa shape index (κ1) is 20.2. The van der Waals surface area contributed by atoms with Gasteiger partial charge >= 0.3 is 5.97 Å². The van der Waals surface area contributed by atoms with Crippen molar-refractivity contribution in [3.8, 4) is 17.2 Å². The minimum Gasteiger partial charge on any atom is -0.493 e. The quantitative estimate of drug-likeness (QED) is 0.505. The molecule has 2 aliphatic rings. The van der Waals surface area contributed by atoms with Gasteiger partial charge in [0.15, 0.2) is 17.2 Å². The Hall–Kier alpha value is -2.50. The van der Waals surface area contributed by atoms with Gasteiger partial charge in [0.1, 0.15) is 0 Å². The lowest BCUT2D eigenvalue weighted by Crippen LogP contribution is -2.22. The monoisotopic (exact) mass is 387 g/mol. The number of nitrogens with zero attached hydrogens (tertiary/aromatic N) is 1. The molecule has 0 saturated heterocycles. The van der Waals surface area contributed by atoms with E-state index in [1.165, 1.54) is 25.7 Å². The van der Waals surface area contributed by atoms with Gasteiger partial charge in [0.25, 0.3) is 0 Å². The molecule has 1 heterocycles. The molecular formula is C22H29NO5. The molecule has 1 fully saturated rings. The minimum atomic E-state index is -0.403. The Morgan fingerprint density at radius 2 is 1.71 bits per heavy atom. The van der Waals surface area contributed by atoms with Crippen molar-refractivity contribution in [1.82, 2.24) is 0 Å². The van der Waals surface area contributed by atoms with Gasteiger partial charge in [-0.1, -0.05) is 19.8 Å². The first-order valence-corrected chi connectivity index (χ1v) is 9.92. The SMILES string of the molecule is CCCC1CCC(C2=N/C(=C/c3cc(OC)c(OC)c(OC)c3)C(=O)O2)CC1. The maximum absolute atomic E-state index is 12.3. The highest BCUT2D eigenvalue weighted by Crippen LogP contribution is 2.39. The fourth-order valence-electron chi connectivity index (χ4n) is 4.05. The van der Waals surface area contributed by atoms with Gasteiger partial charge < -0.3 is 18.9 Å². The van der Waals surface area contributed by atoms with Crippen molar-refractivity contribution in [3.63, 3.8) is 0 Å². The summed E-state index contributed by atoms with van der Waals surface area (Å²) >= 11 is 0. The maximum atomic E-state index is 12.3. The van der Waals surface area contributed by atoms with Crippen molar-refractivity contribution in [3.05, 3.63) is 23.4 Å². The van der Waals surface area contributed by atoms with Gasteiger partial charge in [0, 0.05) is 5.92 Å². The topological polar surface area (TPSA) is 66.3 Å². The van der Waals surface area contributed by atoms with Crippen LogP contribution in [0.4, 0.5) is 0 Å². The molecule has 6 nitrogen and oxygen atoms in total. The lowest BCUT2D eigenvalue weighted by molar-refractivity contribution is -0.130. The average molecular weight is 387 g/mol. The Bertz CT molecular complexity index is 750. The highest BCUT2D eigenvalue weighted by atomic mass is 16.6. The highest BCUT2D eigenvalue weighted by molar-refractivity contribution is 6.07. The van der Waals surface area contributed by atoms with Gasteiger partial charge in [0.2, 0.25) is 11.6 Å². The Kier molecular flexibility index (Phi) is 6.60. The van der Waals surface area contributed by atoms with Gasteiger partial charge in [-0.05, 0) is 55.4 Å². The molecule has 0 bridgehead atoms. The summed E-state index contributed by atoms with van der Waals surface area (Å²) in [5.74, 6) is 2.76. The number of carbonyl (C=O) groups is 1. The Balaban J connectivity index is 1.80. The van der Waals surface area contributed by atoms with Crippen LogP contribution in [0.3, 0.4) is 0 Å². The maximum Gasteiger partial charge on any atom is 0.363 e. The summed E-state index contributed by atoms with van der Waals surface area (Å²) in [5.41, 5.74) is 1.04. The van der Waals surface area contributed by atoms with Crippen molar-refractivity contribution < 1.29 is 23.7 Å². The largest absolute Gasteiger partial charge is 0.493 e. The molecule has 0 aromatic heterocycles. The van der Waals surface area contributed by atoms with Gasteiger partial charge in [-0.2, -0.15) is 0 Å². The molecule has 1 aromatic carbocycles. The second kappa shape index (κ2) is 9.13. The van der Waals surface area contributed by atoms with Crippen LogP contribution in [0.1, 0.15) is 51.0 Å². The Morgan fingerprint density at radius 1 is 1.07 bits per heavy atom. The van der Waals surface area contributed by atoms with E-state index in [1.807, 2.05) is 0 Å². The van der Waals surface area contributed by atoms with Crippen LogP contribution >= 0.6 is 0 Å². The predicted octanol–water partition coefficient (Wildman–Crippen LogP) is 4.62. The third-order valence-corrected chi connectivity index (χ3v) is 5.52. The van der Waals surface area contributed by atoms with E-state index in [4.69, 9.17) is 18.9 Å². The number of methoxy groups -OCH3 is 3. The van der Waals surface area contributed by atoms with Crippen LogP contribution in [0, 0.1) is 11.8 Å². The molecule has 0 amide bonds. The van der Waals surface area contributed by atoms with E-state index in [2.05, 4.69) is 11.9 Å². The molecule has 28 heavy (non-hydrogen) atoms. The fourth-order valence-corrected chi connectivity index (χ4v) is 4.05. The number of carbonyl (C=O) groups excluding carboxylic acids is 1. The number of esters is 1. The second-order valence-corrected chi connectivity index (χ2v) is 7.33. The van der Waals surface area contributed by atoms with E-state index < -0.39 is 5.97 Å². The first-order valence-electron chi connectivity index (χ1n) is 9.92. The second-order valence-electron chi connectivity index (χ2n) is 7.33. The zero-order valence-corrected chi connectivity index (χ0v) is 17.1. The molecule has 0 unspecified atom stereocenters.